The lowest BCUT2D eigenvalue weighted by atomic mass is 9.75. The number of rotatable bonds is 6. The second-order valence-corrected chi connectivity index (χ2v) is 11.6. The van der Waals surface area contributed by atoms with E-state index in [1.54, 1.807) is 18.5 Å². The Labute approximate surface area is 229 Å². The summed E-state index contributed by atoms with van der Waals surface area (Å²) in [7, 11) is 1.87. The number of alkyl halides is 4. The van der Waals surface area contributed by atoms with Crippen LogP contribution in [-0.4, -0.2) is 57.5 Å². The number of likely N-dealkylation sites (tertiary alicyclic amines) is 1. The second kappa shape index (κ2) is 9.66. The molecule has 2 saturated heterocycles. The number of halogens is 4. The van der Waals surface area contributed by atoms with E-state index in [-0.39, 0.29) is 36.2 Å². The molecule has 3 aliphatic heterocycles. The van der Waals surface area contributed by atoms with E-state index in [4.69, 9.17) is 4.74 Å². The van der Waals surface area contributed by atoms with E-state index in [2.05, 4.69) is 10.2 Å². The third-order valence-electron chi connectivity index (χ3n) is 8.37. The molecule has 0 spiro atoms. The summed E-state index contributed by atoms with van der Waals surface area (Å²) in [5.41, 5.74) is -0.705. The molecular formula is C29H31F4N5O2. The molecule has 1 amide bonds. The van der Waals surface area contributed by atoms with E-state index >= 15 is 0 Å². The van der Waals surface area contributed by atoms with Gasteiger partial charge in [-0.15, -0.1) is 10.2 Å². The smallest absolute Gasteiger partial charge is 0.379 e. The Bertz CT molecular complexity index is 1450. The number of benzene rings is 2. The van der Waals surface area contributed by atoms with Gasteiger partial charge >= 0.3 is 6.18 Å². The normalized spacial score (nSPS) is 22.9. The molecule has 1 aromatic heterocycles. The van der Waals surface area contributed by atoms with Crippen LogP contribution in [0.2, 0.25) is 0 Å². The highest BCUT2D eigenvalue weighted by atomic mass is 19.4. The van der Waals surface area contributed by atoms with Crippen LogP contribution < -0.4 is 4.90 Å². The highest BCUT2D eigenvalue weighted by Gasteiger charge is 2.44. The third-order valence-corrected chi connectivity index (χ3v) is 8.37. The molecule has 212 valence electrons. The van der Waals surface area contributed by atoms with Gasteiger partial charge in [0.05, 0.1) is 25.3 Å². The summed E-state index contributed by atoms with van der Waals surface area (Å²) in [5, 5.41) is 8.16. The molecule has 11 heteroatoms. The number of fused-ring (bicyclic) bond motifs is 1. The van der Waals surface area contributed by atoms with Crippen LogP contribution in [-0.2, 0) is 42.9 Å². The van der Waals surface area contributed by atoms with Crippen molar-refractivity contribution in [2.24, 2.45) is 7.05 Å². The van der Waals surface area contributed by atoms with Crippen LogP contribution in [0.1, 0.15) is 58.2 Å². The summed E-state index contributed by atoms with van der Waals surface area (Å²) in [5.74, 6) is 0.322. The first-order valence-corrected chi connectivity index (χ1v) is 13.4. The van der Waals surface area contributed by atoms with E-state index in [1.807, 2.05) is 34.7 Å². The minimum absolute atomic E-state index is 0.0265. The van der Waals surface area contributed by atoms with Gasteiger partial charge in [-0.05, 0) is 67.3 Å². The van der Waals surface area contributed by atoms with Crippen molar-refractivity contribution >= 4 is 11.6 Å². The number of hydrogen-bond donors (Lipinski definition) is 0. The van der Waals surface area contributed by atoms with Gasteiger partial charge < -0.3 is 14.2 Å². The Hall–Kier alpha value is -3.31. The third kappa shape index (κ3) is 4.89. The van der Waals surface area contributed by atoms with Gasteiger partial charge in [-0.1, -0.05) is 12.1 Å². The number of carbonyl (C=O) groups excluding carboxylic acids is 1. The maximum Gasteiger partial charge on any atom is 0.416 e. The zero-order chi connectivity index (χ0) is 28.3. The van der Waals surface area contributed by atoms with Crippen LogP contribution in [0.25, 0.3) is 0 Å². The largest absolute Gasteiger partial charge is 0.416 e. The fraction of sp³-hybridized carbons (Fsp3) is 0.483. The Balaban J connectivity index is 1.31. The van der Waals surface area contributed by atoms with Crippen LogP contribution in [0.15, 0.2) is 42.7 Å². The summed E-state index contributed by atoms with van der Waals surface area (Å²) in [6.07, 6.45) is -1.35. The quantitative estimate of drug-likeness (QED) is 0.407. The SMILES string of the molecule is Cn1cnnc1CC1(c2cccc(N3Cc4c(cc(CN5CCCC(C)(F)C5)cc4C(F)(F)F)C3=O)c2)COC1. The van der Waals surface area contributed by atoms with Gasteiger partial charge in [-0.3, -0.25) is 9.69 Å². The number of carbonyl (C=O) groups is 1. The summed E-state index contributed by atoms with van der Waals surface area (Å²) in [6, 6.07) is 10.1. The monoisotopic (exact) mass is 557 g/mol. The van der Waals surface area contributed by atoms with Gasteiger partial charge in [0.15, 0.2) is 0 Å². The van der Waals surface area contributed by atoms with Gasteiger partial charge in [0.25, 0.3) is 5.91 Å². The van der Waals surface area contributed by atoms with Crippen molar-refractivity contribution in [3.63, 3.8) is 0 Å². The van der Waals surface area contributed by atoms with Crippen molar-refractivity contribution in [1.29, 1.82) is 0 Å². The van der Waals surface area contributed by atoms with E-state index in [0.29, 0.717) is 50.3 Å². The van der Waals surface area contributed by atoms with Crippen molar-refractivity contribution in [3.8, 4) is 0 Å². The van der Waals surface area contributed by atoms with E-state index in [1.165, 1.54) is 11.8 Å². The Morgan fingerprint density at radius 2 is 1.95 bits per heavy atom. The predicted octanol–water partition coefficient (Wildman–Crippen LogP) is 4.83. The first kappa shape index (κ1) is 26.9. The lowest BCUT2D eigenvalue weighted by Crippen LogP contribution is -2.49. The number of aromatic nitrogens is 3. The minimum Gasteiger partial charge on any atom is -0.379 e. The number of aryl methyl sites for hydroxylation is 1. The first-order valence-electron chi connectivity index (χ1n) is 13.4. The first-order chi connectivity index (χ1) is 18.9. The molecule has 3 aliphatic rings. The van der Waals surface area contributed by atoms with Crippen LogP contribution >= 0.6 is 0 Å². The molecule has 0 radical (unpaired) electrons. The molecule has 6 rings (SSSR count). The van der Waals surface area contributed by atoms with Crippen molar-refractivity contribution in [1.82, 2.24) is 19.7 Å². The summed E-state index contributed by atoms with van der Waals surface area (Å²) in [4.78, 5) is 16.8. The van der Waals surface area contributed by atoms with Gasteiger partial charge in [0.2, 0.25) is 0 Å². The Morgan fingerprint density at radius 3 is 2.60 bits per heavy atom. The number of amides is 1. The van der Waals surface area contributed by atoms with Crippen molar-refractivity contribution < 1.29 is 27.1 Å². The van der Waals surface area contributed by atoms with Crippen LogP contribution in [0, 0.1) is 0 Å². The molecule has 4 heterocycles. The molecule has 0 saturated carbocycles. The van der Waals surface area contributed by atoms with Crippen molar-refractivity contribution in [2.45, 2.75) is 56.5 Å². The Kier molecular flexibility index (Phi) is 6.49. The molecule has 3 aromatic rings. The van der Waals surface area contributed by atoms with Gasteiger partial charge in [0.1, 0.15) is 17.8 Å². The molecule has 2 fully saturated rings. The molecule has 2 aromatic carbocycles. The molecule has 7 nitrogen and oxygen atoms in total. The van der Waals surface area contributed by atoms with E-state index < -0.39 is 23.3 Å². The molecule has 0 N–H and O–H groups in total. The number of hydrogen-bond acceptors (Lipinski definition) is 5. The Morgan fingerprint density at radius 1 is 1.15 bits per heavy atom. The van der Waals surface area contributed by atoms with Crippen molar-refractivity contribution in [3.05, 3.63) is 76.4 Å². The standard InChI is InChI=1S/C29H31F4N5O2/c1-27(30)7-4-8-37(15-27)13-19-9-22-23(24(10-19)29(31,32)33)14-38(26(22)39)21-6-3-5-20(11-21)28(16-40-17-28)12-25-35-34-18-36(25)2/h3,5-6,9-11,18H,4,7-8,12-17H2,1-2H3. The van der Waals surface area contributed by atoms with Gasteiger partial charge in [-0.2, -0.15) is 13.2 Å². The lowest BCUT2D eigenvalue weighted by Gasteiger charge is -2.42. The fourth-order valence-corrected chi connectivity index (χ4v) is 6.20. The molecule has 40 heavy (non-hydrogen) atoms. The molecular weight excluding hydrogens is 526 g/mol. The average molecular weight is 558 g/mol. The molecule has 0 bridgehead atoms. The van der Waals surface area contributed by atoms with E-state index in [0.717, 1.165) is 17.5 Å². The highest BCUT2D eigenvalue weighted by molar-refractivity contribution is 6.10. The summed E-state index contributed by atoms with van der Waals surface area (Å²) in [6.45, 7) is 3.18. The molecule has 0 aliphatic carbocycles. The molecule has 1 atom stereocenters. The van der Waals surface area contributed by atoms with Crippen LogP contribution in [0.3, 0.4) is 0 Å². The van der Waals surface area contributed by atoms with Gasteiger partial charge in [-0.25, -0.2) is 4.39 Å². The number of anilines is 1. The number of piperidine rings is 1. The predicted molar refractivity (Wildman–Crippen MR) is 140 cm³/mol. The highest BCUT2D eigenvalue weighted by Crippen LogP contribution is 2.42. The second-order valence-electron chi connectivity index (χ2n) is 11.6. The van der Waals surface area contributed by atoms with Gasteiger partial charge in [0, 0.05) is 43.2 Å². The fourth-order valence-electron chi connectivity index (χ4n) is 6.20. The summed E-state index contributed by atoms with van der Waals surface area (Å²) >= 11 is 0. The average Bonchev–Trinajstić information content (AvgIpc) is 3.42. The zero-order valence-electron chi connectivity index (χ0n) is 22.5. The summed E-state index contributed by atoms with van der Waals surface area (Å²) < 4.78 is 64.7. The van der Waals surface area contributed by atoms with Crippen molar-refractivity contribution in [2.75, 3.05) is 31.2 Å². The minimum atomic E-state index is -4.63. The maximum atomic E-state index is 14.6. The molecule has 1 unspecified atom stereocenters. The lowest BCUT2D eigenvalue weighted by molar-refractivity contribution is -0.138. The number of nitrogens with zero attached hydrogens (tertiary/aromatic N) is 5. The number of ether oxygens (including phenoxy) is 1. The maximum absolute atomic E-state index is 14.6. The van der Waals surface area contributed by atoms with Crippen LogP contribution in [0.5, 0.6) is 0 Å². The van der Waals surface area contributed by atoms with E-state index in [9.17, 15) is 22.4 Å². The zero-order valence-corrected chi connectivity index (χ0v) is 22.5. The topological polar surface area (TPSA) is 63.5 Å². The van der Waals surface area contributed by atoms with Crippen LogP contribution in [0.4, 0.5) is 23.2 Å².